The minimum Gasteiger partial charge on any atom is -0.497 e. The quantitative estimate of drug-likeness (QED) is 0.695. The van der Waals surface area contributed by atoms with E-state index >= 15 is 0 Å². The van der Waals surface area contributed by atoms with Crippen molar-refractivity contribution in [3.05, 3.63) is 59.2 Å². The molecule has 3 amide bonds. The van der Waals surface area contributed by atoms with Crippen LogP contribution in [-0.2, 0) is 4.79 Å². The van der Waals surface area contributed by atoms with Crippen molar-refractivity contribution in [3.8, 4) is 5.75 Å². The Kier molecular flexibility index (Phi) is 5.93. The van der Waals surface area contributed by atoms with Crippen LogP contribution in [0.5, 0.6) is 5.75 Å². The summed E-state index contributed by atoms with van der Waals surface area (Å²) in [7, 11) is 1.65. The molecule has 2 aliphatic rings. The molecule has 0 spiro atoms. The van der Waals surface area contributed by atoms with Crippen LogP contribution in [0.2, 0.25) is 0 Å². The summed E-state index contributed by atoms with van der Waals surface area (Å²) >= 11 is 0. The van der Waals surface area contributed by atoms with Crippen molar-refractivity contribution in [2.45, 2.75) is 19.8 Å². The van der Waals surface area contributed by atoms with Crippen molar-refractivity contribution in [2.75, 3.05) is 44.7 Å². The van der Waals surface area contributed by atoms with Gasteiger partial charge in [-0.05, 0) is 49.7 Å². The number of nitrogens with zero attached hydrogens (tertiary/aromatic N) is 3. The number of amides is 3. The number of hydrogen-bond acceptors (Lipinski definition) is 5. The third-order valence-corrected chi connectivity index (χ3v) is 5.96. The Morgan fingerprint density at radius 2 is 1.68 bits per heavy atom. The molecule has 31 heavy (non-hydrogen) atoms. The number of fused-ring (bicyclic) bond motifs is 1. The fourth-order valence-corrected chi connectivity index (χ4v) is 4.19. The number of aryl methyl sites for hydroxylation is 1. The van der Waals surface area contributed by atoms with E-state index in [1.165, 1.54) is 4.90 Å². The van der Waals surface area contributed by atoms with Crippen LogP contribution in [0.1, 0.15) is 39.1 Å². The van der Waals surface area contributed by atoms with Crippen LogP contribution in [0.4, 0.5) is 5.69 Å². The normalized spacial score (nSPS) is 16.4. The highest BCUT2D eigenvalue weighted by molar-refractivity contribution is 6.21. The predicted molar refractivity (Wildman–Crippen MR) is 118 cm³/mol. The van der Waals surface area contributed by atoms with Gasteiger partial charge in [-0.3, -0.25) is 19.3 Å². The van der Waals surface area contributed by atoms with Crippen LogP contribution in [0.25, 0.3) is 0 Å². The Bertz CT molecular complexity index is 1000. The Balaban J connectivity index is 1.33. The molecular weight excluding hydrogens is 394 g/mol. The second kappa shape index (κ2) is 8.79. The van der Waals surface area contributed by atoms with Crippen LogP contribution in [-0.4, -0.2) is 67.4 Å². The maximum absolute atomic E-state index is 12.8. The molecule has 162 valence electrons. The van der Waals surface area contributed by atoms with Gasteiger partial charge in [0, 0.05) is 44.8 Å². The number of imide groups is 1. The van der Waals surface area contributed by atoms with Crippen LogP contribution in [0, 0.1) is 6.92 Å². The van der Waals surface area contributed by atoms with E-state index in [-0.39, 0.29) is 30.7 Å². The number of hydrogen-bond donors (Lipinski definition) is 0. The maximum Gasteiger partial charge on any atom is 0.261 e. The average molecular weight is 421 g/mol. The lowest BCUT2D eigenvalue weighted by molar-refractivity contribution is -0.131. The molecule has 2 aliphatic heterocycles. The number of methoxy groups -OCH3 is 1. The molecule has 1 fully saturated rings. The first-order valence-corrected chi connectivity index (χ1v) is 10.6. The lowest BCUT2D eigenvalue weighted by Gasteiger charge is -2.24. The third kappa shape index (κ3) is 4.26. The van der Waals surface area contributed by atoms with Crippen LogP contribution < -0.4 is 9.64 Å². The molecule has 2 heterocycles. The maximum atomic E-state index is 12.8. The van der Waals surface area contributed by atoms with E-state index in [9.17, 15) is 14.4 Å². The van der Waals surface area contributed by atoms with E-state index in [2.05, 4.69) is 4.90 Å². The molecule has 0 atom stereocenters. The third-order valence-electron chi connectivity index (χ3n) is 5.96. The number of ether oxygens (including phenoxy) is 1. The summed E-state index contributed by atoms with van der Waals surface area (Å²) in [5.41, 5.74) is 2.90. The minimum atomic E-state index is -0.311. The van der Waals surface area contributed by atoms with Crippen molar-refractivity contribution in [1.29, 1.82) is 0 Å². The monoisotopic (exact) mass is 421 g/mol. The molecule has 0 aromatic heterocycles. The first-order valence-electron chi connectivity index (χ1n) is 10.6. The second-order valence-corrected chi connectivity index (χ2v) is 7.98. The summed E-state index contributed by atoms with van der Waals surface area (Å²) in [5.74, 6) is 0.176. The summed E-state index contributed by atoms with van der Waals surface area (Å²) in [6.45, 7) is 4.90. The Labute approximate surface area is 182 Å². The second-order valence-electron chi connectivity index (χ2n) is 7.98. The summed E-state index contributed by atoms with van der Waals surface area (Å²) in [6, 6.07) is 13.2. The van der Waals surface area contributed by atoms with Crippen molar-refractivity contribution in [2.24, 2.45) is 0 Å². The lowest BCUT2D eigenvalue weighted by atomic mass is 10.1. The SMILES string of the molecule is COc1ccc(N2CCCN(C(=O)CCN3C(=O)c4ccc(C)cc4C3=O)CC2)cc1. The molecule has 0 saturated carbocycles. The van der Waals surface area contributed by atoms with Crippen molar-refractivity contribution >= 4 is 23.4 Å². The van der Waals surface area contributed by atoms with Gasteiger partial charge >= 0.3 is 0 Å². The van der Waals surface area contributed by atoms with Crippen molar-refractivity contribution in [1.82, 2.24) is 9.80 Å². The molecule has 0 N–H and O–H groups in total. The molecule has 1 saturated heterocycles. The van der Waals surface area contributed by atoms with Crippen LogP contribution in [0.3, 0.4) is 0 Å². The van der Waals surface area contributed by atoms with Gasteiger partial charge < -0.3 is 14.5 Å². The molecule has 4 rings (SSSR count). The Hall–Kier alpha value is -3.35. The molecule has 2 aromatic rings. The molecular formula is C24H27N3O4. The lowest BCUT2D eigenvalue weighted by Crippen LogP contribution is -2.38. The van der Waals surface area contributed by atoms with Gasteiger partial charge in [0.15, 0.2) is 0 Å². The number of anilines is 1. The van der Waals surface area contributed by atoms with Crippen LogP contribution in [0.15, 0.2) is 42.5 Å². The van der Waals surface area contributed by atoms with E-state index in [1.54, 1.807) is 19.2 Å². The number of benzene rings is 2. The minimum absolute atomic E-state index is 0.0238. The summed E-state index contributed by atoms with van der Waals surface area (Å²) in [6.07, 6.45) is 1.01. The van der Waals surface area contributed by atoms with E-state index in [0.29, 0.717) is 24.2 Å². The van der Waals surface area contributed by atoms with Crippen LogP contribution >= 0.6 is 0 Å². The van der Waals surface area contributed by atoms with E-state index < -0.39 is 0 Å². The van der Waals surface area contributed by atoms with E-state index in [4.69, 9.17) is 4.74 Å². The molecule has 0 unspecified atom stereocenters. The van der Waals surface area contributed by atoms with Gasteiger partial charge in [0.1, 0.15) is 5.75 Å². The summed E-state index contributed by atoms with van der Waals surface area (Å²) < 4.78 is 5.22. The Morgan fingerprint density at radius 1 is 0.935 bits per heavy atom. The van der Waals surface area contributed by atoms with Gasteiger partial charge in [0.05, 0.1) is 18.2 Å². The molecule has 0 radical (unpaired) electrons. The molecule has 7 nitrogen and oxygen atoms in total. The average Bonchev–Trinajstić information content (AvgIpc) is 2.95. The van der Waals surface area contributed by atoms with Gasteiger partial charge in [0.2, 0.25) is 5.91 Å². The highest BCUT2D eigenvalue weighted by atomic mass is 16.5. The van der Waals surface area contributed by atoms with Crippen molar-refractivity contribution in [3.63, 3.8) is 0 Å². The molecule has 0 bridgehead atoms. The highest BCUT2D eigenvalue weighted by Gasteiger charge is 2.35. The van der Waals surface area contributed by atoms with Gasteiger partial charge in [-0.1, -0.05) is 11.6 Å². The number of rotatable bonds is 5. The zero-order valence-electron chi connectivity index (χ0n) is 18.0. The van der Waals surface area contributed by atoms with Gasteiger partial charge in [-0.2, -0.15) is 0 Å². The largest absolute Gasteiger partial charge is 0.497 e. The van der Waals surface area contributed by atoms with Gasteiger partial charge in [0.25, 0.3) is 11.8 Å². The Morgan fingerprint density at radius 3 is 2.42 bits per heavy atom. The molecule has 0 aliphatic carbocycles. The fourth-order valence-electron chi connectivity index (χ4n) is 4.19. The van der Waals surface area contributed by atoms with Crippen molar-refractivity contribution < 1.29 is 19.1 Å². The first-order chi connectivity index (χ1) is 15.0. The molecule has 2 aromatic carbocycles. The zero-order valence-corrected chi connectivity index (χ0v) is 18.0. The predicted octanol–water partition coefficient (Wildman–Crippen LogP) is 2.73. The van der Waals surface area contributed by atoms with Gasteiger partial charge in [-0.15, -0.1) is 0 Å². The number of carbonyl (C=O) groups excluding carboxylic acids is 3. The van der Waals surface area contributed by atoms with E-state index in [0.717, 1.165) is 36.5 Å². The smallest absolute Gasteiger partial charge is 0.261 e. The molecule has 7 heteroatoms. The topological polar surface area (TPSA) is 70.2 Å². The van der Waals surface area contributed by atoms with Gasteiger partial charge in [-0.25, -0.2) is 0 Å². The standard InChI is InChI=1S/C24H27N3O4/c1-17-4-9-20-21(16-17)24(30)27(23(20)29)13-10-22(28)26-12-3-11-25(14-15-26)18-5-7-19(31-2)8-6-18/h4-9,16H,3,10-15H2,1-2H3. The fraction of sp³-hybridized carbons (Fsp3) is 0.375. The van der Waals surface area contributed by atoms with E-state index in [1.807, 2.05) is 42.2 Å². The zero-order chi connectivity index (χ0) is 22.0. The summed E-state index contributed by atoms with van der Waals surface area (Å²) in [5, 5.41) is 0. The highest BCUT2D eigenvalue weighted by Crippen LogP contribution is 2.24. The first kappa shape index (κ1) is 20.9. The summed E-state index contributed by atoms with van der Waals surface area (Å²) in [4.78, 5) is 43.3. The number of carbonyl (C=O) groups is 3.